The molecule has 160 valence electrons. The monoisotopic (exact) mass is 437 g/mol. The lowest BCUT2D eigenvalue weighted by Gasteiger charge is -2.23. The SMILES string of the molecule is COc1ccccc1C=NNC(=O)CN(c1ccc(C)cc1)S(=O)(=O)c1ccccc1. The highest BCUT2D eigenvalue weighted by atomic mass is 32.2. The number of methoxy groups -OCH3 is 1. The minimum atomic E-state index is -3.95. The highest BCUT2D eigenvalue weighted by Gasteiger charge is 2.27. The third kappa shape index (κ3) is 5.49. The number of carbonyl (C=O) groups excluding carboxylic acids is 1. The lowest BCUT2D eigenvalue weighted by atomic mass is 10.2. The van der Waals surface area contributed by atoms with Gasteiger partial charge in [0, 0.05) is 5.56 Å². The predicted molar refractivity (Wildman–Crippen MR) is 121 cm³/mol. The predicted octanol–water partition coefficient (Wildman–Crippen LogP) is 3.35. The first kappa shape index (κ1) is 22.0. The van der Waals surface area contributed by atoms with Gasteiger partial charge in [0.25, 0.3) is 15.9 Å². The van der Waals surface area contributed by atoms with Gasteiger partial charge in [-0.15, -0.1) is 0 Å². The quantitative estimate of drug-likeness (QED) is 0.432. The largest absolute Gasteiger partial charge is 0.496 e. The smallest absolute Gasteiger partial charge is 0.264 e. The van der Waals surface area contributed by atoms with Crippen LogP contribution in [0.15, 0.2) is 88.9 Å². The van der Waals surface area contributed by atoms with Crippen molar-refractivity contribution in [1.29, 1.82) is 0 Å². The van der Waals surface area contributed by atoms with E-state index in [9.17, 15) is 13.2 Å². The minimum Gasteiger partial charge on any atom is -0.496 e. The fraction of sp³-hybridized carbons (Fsp3) is 0.130. The Hall–Kier alpha value is -3.65. The standard InChI is InChI=1S/C23H23N3O4S/c1-18-12-14-20(15-13-18)26(31(28,29)21-9-4-3-5-10-21)17-23(27)25-24-16-19-8-6-7-11-22(19)30-2/h3-16H,17H2,1-2H3,(H,25,27). The van der Waals surface area contributed by atoms with Crippen LogP contribution in [0.5, 0.6) is 5.75 Å². The molecule has 7 nitrogen and oxygen atoms in total. The van der Waals surface area contributed by atoms with E-state index in [2.05, 4.69) is 10.5 Å². The van der Waals surface area contributed by atoms with Crippen LogP contribution in [0.25, 0.3) is 0 Å². The number of hydrogen-bond acceptors (Lipinski definition) is 5. The molecule has 1 N–H and O–H groups in total. The molecule has 0 spiro atoms. The molecule has 3 aromatic rings. The molecule has 0 bridgehead atoms. The molecular weight excluding hydrogens is 414 g/mol. The lowest BCUT2D eigenvalue weighted by Crippen LogP contribution is -2.39. The first-order valence-corrected chi connectivity index (χ1v) is 10.9. The molecule has 0 heterocycles. The number of anilines is 1. The van der Waals surface area contributed by atoms with Gasteiger partial charge in [-0.05, 0) is 43.3 Å². The van der Waals surface area contributed by atoms with Gasteiger partial charge in [0.2, 0.25) is 0 Å². The Morgan fingerprint density at radius 2 is 1.65 bits per heavy atom. The summed E-state index contributed by atoms with van der Waals surface area (Å²) in [6, 6.07) is 22.1. The molecule has 0 aliphatic carbocycles. The van der Waals surface area contributed by atoms with E-state index in [4.69, 9.17) is 4.74 Å². The van der Waals surface area contributed by atoms with Gasteiger partial charge >= 0.3 is 0 Å². The summed E-state index contributed by atoms with van der Waals surface area (Å²) in [4.78, 5) is 12.7. The number of ether oxygens (including phenoxy) is 1. The Labute approximate surface area is 182 Å². The number of hydrogen-bond donors (Lipinski definition) is 1. The van der Waals surface area contributed by atoms with Crippen LogP contribution in [-0.2, 0) is 14.8 Å². The summed E-state index contributed by atoms with van der Waals surface area (Å²) < 4.78 is 32.7. The van der Waals surface area contributed by atoms with Crippen LogP contribution in [0.3, 0.4) is 0 Å². The van der Waals surface area contributed by atoms with Crippen molar-refractivity contribution in [1.82, 2.24) is 5.43 Å². The third-order valence-electron chi connectivity index (χ3n) is 4.47. The summed E-state index contributed by atoms with van der Waals surface area (Å²) in [6.07, 6.45) is 1.44. The van der Waals surface area contributed by atoms with Crippen molar-refractivity contribution >= 4 is 27.8 Å². The number of aryl methyl sites for hydroxylation is 1. The normalized spacial score (nSPS) is 11.3. The molecule has 0 saturated heterocycles. The molecule has 0 aromatic heterocycles. The van der Waals surface area contributed by atoms with Crippen molar-refractivity contribution < 1.29 is 17.9 Å². The van der Waals surface area contributed by atoms with E-state index in [0.717, 1.165) is 9.87 Å². The summed E-state index contributed by atoms with van der Waals surface area (Å²) >= 11 is 0. The Balaban J connectivity index is 1.82. The van der Waals surface area contributed by atoms with E-state index in [-0.39, 0.29) is 4.90 Å². The summed E-state index contributed by atoms with van der Waals surface area (Å²) in [5.41, 5.74) is 4.43. The van der Waals surface area contributed by atoms with E-state index in [1.165, 1.54) is 18.3 Å². The second kappa shape index (κ2) is 9.90. The number of hydrazone groups is 1. The Morgan fingerprint density at radius 3 is 2.32 bits per heavy atom. The molecule has 0 fully saturated rings. The van der Waals surface area contributed by atoms with Crippen LogP contribution in [0.4, 0.5) is 5.69 Å². The van der Waals surface area contributed by atoms with Gasteiger partial charge in [-0.2, -0.15) is 5.10 Å². The molecule has 8 heteroatoms. The van der Waals surface area contributed by atoms with Gasteiger partial charge in [-0.1, -0.05) is 48.0 Å². The zero-order valence-electron chi connectivity index (χ0n) is 17.2. The number of sulfonamides is 1. The number of nitrogens with one attached hydrogen (secondary N) is 1. The molecule has 0 atom stereocenters. The van der Waals surface area contributed by atoms with Crippen LogP contribution in [0.2, 0.25) is 0 Å². The van der Waals surface area contributed by atoms with Gasteiger partial charge in [-0.25, -0.2) is 13.8 Å². The summed E-state index contributed by atoms with van der Waals surface area (Å²) in [6.45, 7) is 1.47. The van der Waals surface area contributed by atoms with Gasteiger partial charge in [0.15, 0.2) is 0 Å². The molecule has 3 rings (SSSR count). The Morgan fingerprint density at radius 1 is 1.00 bits per heavy atom. The fourth-order valence-corrected chi connectivity index (χ4v) is 4.30. The van der Waals surface area contributed by atoms with Gasteiger partial charge in [-0.3, -0.25) is 9.10 Å². The van der Waals surface area contributed by atoms with Crippen molar-refractivity contribution in [3.63, 3.8) is 0 Å². The lowest BCUT2D eigenvalue weighted by molar-refractivity contribution is -0.119. The minimum absolute atomic E-state index is 0.0981. The van der Waals surface area contributed by atoms with Crippen molar-refractivity contribution in [2.45, 2.75) is 11.8 Å². The van der Waals surface area contributed by atoms with Crippen molar-refractivity contribution in [2.24, 2.45) is 5.10 Å². The van der Waals surface area contributed by atoms with Crippen LogP contribution in [0, 0.1) is 6.92 Å². The maximum Gasteiger partial charge on any atom is 0.264 e. The number of carbonyl (C=O) groups is 1. The molecule has 0 aliphatic heterocycles. The van der Waals surface area contributed by atoms with E-state index in [0.29, 0.717) is 17.0 Å². The molecule has 1 amide bonds. The first-order valence-electron chi connectivity index (χ1n) is 9.51. The van der Waals surface area contributed by atoms with E-state index in [1.807, 2.05) is 19.1 Å². The maximum atomic E-state index is 13.2. The second-order valence-corrected chi connectivity index (χ2v) is 8.56. The summed E-state index contributed by atoms with van der Waals surface area (Å²) in [5, 5.41) is 3.94. The highest BCUT2D eigenvalue weighted by Crippen LogP contribution is 2.23. The number of nitrogens with zero attached hydrogens (tertiary/aromatic N) is 2. The molecule has 0 saturated carbocycles. The summed E-state index contributed by atoms with van der Waals surface area (Å²) in [7, 11) is -2.41. The Bertz CT molecular complexity index is 1160. The molecule has 31 heavy (non-hydrogen) atoms. The molecule has 3 aromatic carbocycles. The van der Waals surface area contributed by atoms with Gasteiger partial charge in [0.1, 0.15) is 12.3 Å². The number of rotatable bonds is 8. The highest BCUT2D eigenvalue weighted by molar-refractivity contribution is 7.92. The van der Waals surface area contributed by atoms with Crippen molar-refractivity contribution in [2.75, 3.05) is 18.0 Å². The van der Waals surface area contributed by atoms with E-state index >= 15 is 0 Å². The average molecular weight is 438 g/mol. The fourth-order valence-electron chi connectivity index (χ4n) is 2.86. The van der Waals surface area contributed by atoms with Crippen LogP contribution < -0.4 is 14.5 Å². The zero-order valence-corrected chi connectivity index (χ0v) is 18.0. The molecular formula is C23H23N3O4S. The van der Waals surface area contributed by atoms with Gasteiger partial charge in [0.05, 0.1) is 23.9 Å². The summed E-state index contributed by atoms with van der Waals surface area (Å²) in [5.74, 6) is 0.0275. The van der Waals surface area contributed by atoms with E-state index in [1.54, 1.807) is 61.7 Å². The molecule has 0 aliphatic rings. The topological polar surface area (TPSA) is 88.1 Å². The third-order valence-corrected chi connectivity index (χ3v) is 6.26. The van der Waals surface area contributed by atoms with Crippen molar-refractivity contribution in [3.8, 4) is 5.75 Å². The number of para-hydroxylation sites is 1. The molecule has 0 unspecified atom stereocenters. The van der Waals surface area contributed by atoms with Crippen LogP contribution in [0.1, 0.15) is 11.1 Å². The van der Waals surface area contributed by atoms with Crippen LogP contribution in [-0.4, -0.2) is 34.2 Å². The Kier molecular flexibility index (Phi) is 7.04. The van der Waals surface area contributed by atoms with Crippen LogP contribution >= 0.6 is 0 Å². The van der Waals surface area contributed by atoms with Gasteiger partial charge < -0.3 is 4.74 Å². The maximum absolute atomic E-state index is 13.2. The number of benzene rings is 3. The average Bonchev–Trinajstić information content (AvgIpc) is 2.79. The second-order valence-electron chi connectivity index (χ2n) is 6.70. The van der Waals surface area contributed by atoms with Crippen molar-refractivity contribution in [3.05, 3.63) is 90.0 Å². The van der Waals surface area contributed by atoms with E-state index < -0.39 is 22.5 Å². The first-order chi connectivity index (χ1) is 14.9. The number of amides is 1. The molecule has 0 radical (unpaired) electrons. The zero-order chi connectivity index (χ0) is 22.3.